The highest BCUT2D eigenvalue weighted by Gasteiger charge is 2.52. The Labute approximate surface area is 107 Å². The lowest BCUT2D eigenvalue weighted by molar-refractivity contribution is -0.192. The van der Waals surface area contributed by atoms with Crippen molar-refractivity contribution in [3.63, 3.8) is 0 Å². The van der Waals surface area contributed by atoms with E-state index in [-0.39, 0.29) is 25.7 Å². The molecule has 1 fully saturated rings. The average molecular weight is 271 g/mol. The highest BCUT2D eigenvalue weighted by Crippen LogP contribution is 2.50. The monoisotopic (exact) mass is 271 g/mol. The highest BCUT2D eigenvalue weighted by molar-refractivity contribution is 5.94. The molecule has 0 radical (unpaired) electrons. The minimum atomic E-state index is -4.16. The molecular weight excluding hydrogens is 259 g/mol. The van der Waals surface area contributed by atoms with E-state index < -0.39 is 23.7 Å². The van der Waals surface area contributed by atoms with Crippen LogP contribution in [0.25, 0.3) is 0 Å². The van der Waals surface area contributed by atoms with E-state index in [1.807, 2.05) is 0 Å². The first-order chi connectivity index (χ1) is 8.92. The molecule has 0 saturated heterocycles. The molecule has 1 aromatic rings. The summed E-state index contributed by atoms with van der Waals surface area (Å²) in [7, 11) is 0. The second kappa shape index (κ2) is 3.95. The van der Waals surface area contributed by atoms with Gasteiger partial charge in [-0.1, -0.05) is 0 Å². The Kier molecular flexibility index (Phi) is 2.59. The molecule has 2 heterocycles. The van der Waals surface area contributed by atoms with Crippen LogP contribution in [0.5, 0.6) is 0 Å². The molecule has 102 valence electrons. The number of fused-ring (bicyclic) bond motifs is 2. The molecular formula is C13H12F3NO2. The van der Waals surface area contributed by atoms with E-state index in [2.05, 4.69) is 4.98 Å². The maximum Gasteiger partial charge on any atom is 0.391 e. The minimum Gasteiger partial charge on any atom is -0.450 e. The molecule has 1 spiro atoms. The van der Waals surface area contributed by atoms with Crippen molar-refractivity contribution in [2.75, 3.05) is 0 Å². The number of hydrogen-bond donors (Lipinski definition) is 0. The molecule has 0 atom stereocenters. The van der Waals surface area contributed by atoms with E-state index in [4.69, 9.17) is 4.74 Å². The summed E-state index contributed by atoms with van der Waals surface area (Å²) in [6.07, 6.45) is -0.740. The fraction of sp³-hybridized carbons (Fsp3) is 0.538. The standard InChI is InChI=1S/C13H12F3NO2/c14-13(15,16)8-1-4-12(5-2-8)10-7-17-6-3-9(10)11(18)19-12/h3,6-8H,1-2,4-5H2. The Balaban J connectivity index is 1.87. The van der Waals surface area contributed by atoms with Crippen LogP contribution in [0.3, 0.4) is 0 Å². The number of carbonyl (C=O) groups is 1. The Bertz CT molecular complexity index is 519. The first-order valence-corrected chi connectivity index (χ1v) is 6.17. The average Bonchev–Trinajstić information content (AvgIpc) is 2.63. The van der Waals surface area contributed by atoms with Crippen LogP contribution in [-0.2, 0) is 10.3 Å². The molecule has 1 saturated carbocycles. The predicted octanol–water partition coefficient (Wildman–Crippen LogP) is 3.20. The first kappa shape index (κ1) is 12.4. The molecule has 6 heteroatoms. The van der Waals surface area contributed by atoms with Crippen LogP contribution in [0.15, 0.2) is 18.5 Å². The van der Waals surface area contributed by atoms with Crippen molar-refractivity contribution >= 4 is 5.97 Å². The van der Waals surface area contributed by atoms with Crippen molar-refractivity contribution in [2.45, 2.75) is 37.5 Å². The number of hydrogen-bond acceptors (Lipinski definition) is 3. The molecule has 1 aromatic heterocycles. The normalized spacial score (nSPS) is 30.3. The zero-order chi connectivity index (χ0) is 13.7. The number of aromatic nitrogens is 1. The molecule has 1 aliphatic carbocycles. The molecule has 3 rings (SSSR count). The second-order valence-electron chi connectivity index (χ2n) is 5.12. The third-order valence-corrected chi connectivity index (χ3v) is 4.08. The number of halogens is 3. The van der Waals surface area contributed by atoms with Gasteiger partial charge in [0.15, 0.2) is 0 Å². The summed E-state index contributed by atoms with van der Waals surface area (Å²) in [5.74, 6) is -1.75. The van der Waals surface area contributed by atoms with E-state index in [0.29, 0.717) is 11.1 Å². The van der Waals surface area contributed by atoms with E-state index in [0.717, 1.165) is 0 Å². The molecule has 0 amide bonds. The first-order valence-electron chi connectivity index (χ1n) is 6.17. The summed E-state index contributed by atoms with van der Waals surface area (Å²) in [5.41, 5.74) is 0.184. The number of esters is 1. The van der Waals surface area contributed by atoms with Crippen molar-refractivity contribution in [2.24, 2.45) is 5.92 Å². The van der Waals surface area contributed by atoms with E-state index in [1.165, 1.54) is 12.4 Å². The SMILES string of the molecule is O=C1OC2(CCC(C(F)(F)F)CC2)c2cnccc21. The lowest BCUT2D eigenvalue weighted by atomic mass is 9.75. The van der Waals surface area contributed by atoms with Gasteiger partial charge in [-0.3, -0.25) is 4.98 Å². The Morgan fingerprint density at radius 3 is 2.63 bits per heavy atom. The number of nitrogens with zero attached hydrogens (tertiary/aromatic N) is 1. The Morgan fingerprint density at radius 2 is 2.00 bits per heavy atom. The zero-order valence-electron chi connectivity index (χ0n) is 10.0. The molecule has 0 bridgehead atoms. The number of ether oxygens (including phenoxy) is 1. The lowest BCUT2D eigenvalue weighted by Gasteiger charge is -2.36. The van der Waals surface area contributed by atoms with E-state index in [9.17, 15) is 18.0 Å². The largest absolute Gasteiger partial charge is 0.450 e. The van der Waals surface area contributed by atoms with Gasteiger partial charge in [-0.05, 0) is 31.7 Å². The van der Waals surface area contributed by atoms with Crippen LogP contribution >= 0.6 is 0 Å². The van der Waals surface area contributed by atoms with Crippen LogP contribution in [0.1, 0.15) is 41.6 Å². The lowest BCUT2D eigenvalue weighted by Crippen LogP contribution is -2.36. The quantitative estimate of drug-likeness (QED) is 0.680. The topological polar surface area (TPSA) is 39.2 Å². The molecule has 3 nitrogen and oxygen atoms in total. The number of alkyl halides is 3. The Morgan fingerprint density at radius 1 is 1.32 bits per heavy atom. The third kappa shape index (κ3) is 1.89. The fourth-order valence-corrected chi connectivity index (χ4v) is 3.01. The van der Waals surface area contributed by atoms with Gasteiger partial charge in [0.1, 0.15) is 5.60 Å². The molecule has 0 aromatic carbocycles. The summed E-state index contributed by atoms with van der Waals surface area (Å²) in [4.78, 5) is 15.7. The second-order valence-corrected chi connectivity index (χ2v) is 5.12. The molecule has 0 N–H and O–H groups in total. The smallest absolute Gasteiger partial charge is 0.391 e. The predicted molar refractivity (Wildman–Crippen MR) is 59.3 cm³/mol. The van der Waals surface area contributed by atoms with E-state index >= 15 is 0 Å². The summed E-state index contributed by atoms with van der Waals surface area (Å²) in [6, 6.07) is 1.56. The highest BCUT2D eigenvalue weighted by atomic mass is 19.4. The fourth-order valence-electron chi connectivity index (χ4n) is 3.01. The minimum absolute atomic E-state index is 0.00882. The number of pyridine rings is 1. The van der Waals surface area contributed by atoms with Gasteiger partial charge in [-0.25, -0.2) is 4.79 Å². The van der Waals surface area contributed by atoms with Gasteiger partial charge < -0.3 is 4.74 Å². The van der Waals surface area contributed by atoms with Gasteiger partial charge >= 0.3 is 12.1 Å². The van der Waals surface area contributed by atoms with Gasteiger partial charge in [0.25, 0.3) is 0 Å². The van der Waals surface area contributed by atoms with Crippen LogP contribution in [0.2, 0.25) is 0 Å². The number of rotatable bonds is 0. The molecule has 1 aliphatic heterocycles. The van der Waals surface area contributed by atoms with Crippen molar-refractivity contribution < 1.29 is 22.7 Å². The van der Waals surface area contributed by atoms with Crippen molar-refractivity contribution in [1.29, 1.82) is 0 Å². The van der Waals surface area contributed by atoms with Gasteiger partial charge in [0.05, 0.1) is 11.5 Å². The van der Waals surface area contributed by atoms with Crippen molar-refractivity contribution in [3.05, 3.63) is 29.6 Å². The summed E-state index contributed by atoms with van der Waals surface area (Å²) >= 11 is 0. The zero-order valence-corrected chi connectivity index (χ0v) is 10.0. The van der Waals surface area contributed by atoms with Crippen LogP contribution in [0, 0.1) is 5.92 Å². The van der Waals surface area contributed by atoms with Gasteiger partial charge in [-0.2, -0.15) is 13.2 Å². The maximum absolute atomic E-state index is 12.7. The van der Waals surface area contributed by atoms with Crippen molar-refractivity contribution in [3.8, 4) is 0 Å². The third-order valence-electron chi connectivity index (χ3n) is 4.08. The number of carbonyl (C=O) groups excluding carboxylic acids is 1. The molecule has 2 aliphatic rings. The molecule has 0 unspecified atom stereocenters. The molecule has 19 heavy (non-hydrogen) atoms. The van der Waals surface area contributed by atoms with Crippen LogP contribution < -0.4 is 0 Å². The summed E-state index contributed by atoms with van der Waals surface area (Å²) in [5, 5.41) is 0. The maximum atomic E-state index is 12.7. The summed E-state index contributed by atoms with van der Waals surface area (Å²) < 4.78 is 43.4. The Hall–Kier alpha value is -1.59. The van der Waals surface area contributed by atoms with Gasteiger partial charge in [0, 0.05) is 18.0 Å². The van der Waals surface area contributed by atoms with E-state index in [1.54, 1.807) is 6.07 Å². The van der Waals surface area contributed by atoms with Gasteiger partial charge in [-0.15, -0.1) is 0 Å². The van der Waals surface area contributed by atoms with Crippen molar-refractivity contribution in [1.82, 2.24) is 4.98 Å². The van der Waals surface area contributed by atoms with Crippen LogP contribution in [0.4, 0.5) is 13.2 Å². The summed E-state index contributed by atoms with van der Waals surface area (Å²) in [6.45, 7) is 0. The van der Waals surface area contributed by atoms with Gasteiger partial charge in [0.2, 0.25) is 0 Å². The van der Waals surface area contributed by atoms with Crippen LogP contribution in [-0.4, -0.2) is 17.1 Å².